The fraction of sp³-hybridized carbons (Fsp3) is 0.231. The van der Waals surface area contributed by atoms with Gasteiger partial charge in [0.1, 0.15) is 17.7 Å². The van der Waals surface area contributed by atoms with Crippen molar-refractivity contribution >= 4 is 34.6 Å². The summed E-state index contributed by atoms with van der Waals surface area (Å²) in [5, 5.41) is -1.02. The standard InChI is InChI=1S/C26H23NO8S/c1-16(28)34-14-19-15-36(32)25-20(13-21(29)33-2)24(30)27(25)22(19)26(31)35-23(17-9-5-3-6-10-17)18-11-7-4-8-12-18/h3-13,23,25H,14-15H2,1-2H3/b20-13-/t25-,36?/m1/s1. The Bertz CT molecular complexity index is 1250. The van der Waals surface area contributed by atoms with Gasteiger partial charge in [0.05, 0.1) is 29.2 Å². The third kappa shape index (κ3) is 4.99. The van der Waals surface area contributed by atoms with E-state index in [0.29, 0.717) is 11.1 Å². The fourth-order valence-corrected chi connectivity index (χ4v) is 5.61. The van der Waals surface area contributed by atoms with Gasteiger partial charge in [0.25, 0.3) is 5.91 Å². The van der Waals surface area contributed by atoms with Crippen molar-refractivity contribution in [3.8, 4) is 0 Å². The molecule has 2 aliphatic heterocycles. The van der Waals surface area contributed by atoms with E-state index in [1.165, 1.54) is 6.92 Å². The number of hydrogen-bond donors (Lipinski definition) is 0. The van der Waals surface area contributed by atoms with Crippen molar-refractivity contribution in [2.45, 2.75) is 18.4 Å². The minimum absolute atomic E-state index is 0.0281. The van der Waals surface area contributed by atoms with Crippen LogP contribution in [0.25, 0.3) is 0 Å². The highest BCUT2D eigenvalue weighted by Crippen LogP contribution is 2.40. The highest BCUT2D eigenvalue weighted by molar-refractivity contribution is 7.86. The van der Waals surface area contributed by atoms with Crippen molar-refractivity contribution in [1.29, 1.82) is 0 Å². The number of esters is 3. The number of carbonyl (C=O) groups excluding carboxylic acids is 4. The monoisotopic (exact) mass is 509 g/mol. The molecular formula is C26H23NO8S. The molecule has 2 heterocycles. The minimum atomic E-state index is -1.69. The van der Waals surface area contributed by atoms with Crippen LogP contribution in [0.3, 0.4) is 0 Å². The zero-order chi connectivity index (χ0) is 25.8. The lowest BCUT2D eigenvalue weighted by atomic mass is 10.00. The molecule has 4 rings (SSSR count). The second-order valence-electron chi connectivity index (χ2n) is 8.01. The lowest BCUT2D eigenvalue weighted by Gasteiger charge is -2.45. The second-order valence-corrected chi connectivity index (χ2v) is 9.51. The van der Waals surface area contributed by atoms with E-state index < -0.39 is 46.1 Å². The molecular weight excluding hydrogens is 486 g/mol. The number of β-lactam (4-membered cyclic amide) rings is 1. The van der Waals surface area contributed by atoms with Gasteiger partial charge in [0.2, 0.25) is 0 Å². The van der Waals surface area contributed by atoms with Crippen molar-refractivity contribution in [2.75, 3.05) is 19.5 Å². The van der Waals surface area contributed by atoms with Crippen LogP contribution in [-0.2, 0) is 44.2 Å². The molecule has 2 aromatic rings. The molecule has 186 valence electrons. The van der Waals surface area contributed by atoms with Crippen LogP contribution in [0, 0.1) is 0 Å². The maximum absolute atomic E-state index is 13.6. The summed E-state index contributed by atoms with van der Waals surface area (Å²) in [4.78, 5) is 50.8. The maximum atomic E-state index is 13.6. The van der Waals surface area contributed by atoms with Crippen LogP contribution in [0.15, 0.2) is 83.6 Å². The minimum Gasteiger partial charge on any atom is -0.466 e. The lowest BCUT2D eigenvalue weighted by Crippen LogP contribution is -2.61. The van der Waals surface area contributed by atoms with Gasteiger partial charge in [-0.25, -0.2) is 9.59 Å². The van der Waals surface area contributed by atoms with Crippen molar-refractivity contribution in [3.63, 3.8) is 0 Å². The number of hydrogen-bond acceptors (Lipinski definition) is 8. The van der Waals surface area contributed by atoms with Gasteiger partial charge in [-0.2, -0.15) is 0 Å². The third-order valence-corrected chi connectivity index (χ3v) is 7.25. The highest BCUT2D eigenvalue weighted by Gasteiger charge is 2.53. The van der Waals surface area contributed by atoms with E-state index in [0.717, 1.165) is 18.1 Å². The van der Waals surface area contributed by atoms with Crippen LogP contribution in [0.4, 0.5) is 0 Å². The average molecular weight is 510 g/mol. The molecule has 0 aromatic heterocycles. The third-order valence-electron chi connectivity index (χ3n) is 5.65. The number of fused-ring (bicyclic) bond motifs is 1. The number of rotatable bonds is 7. The zero-order valence-corrected chi connectivity index (χ0v) is 20.4. The highest BCUT2D eigenvalue weighted by atomic mass is 32.2. The van der Waals surface area contributed by atoms with Gasteiger partial charge in [0, 0.05) is 18.6 Å². The Kier molecular flexibility index (Phi) is 7.44. The molecule has 2 aliphatic rings. The van der Waals surface area contributed by atoms with Crippen LogP contribution in [0.1, 0.15) is 24.2 Å². The van der Waals surface area contributed by atoms with Crippen LogP contribution in [0.5, 0.6) is 0 Å². The summed E-state index contributed by atoms with van der Waals surface area (Å²) in [6, 6.07) is 18.2. The average Bonchev–Trinajstić information content (AvgIpc) is 2.89. The predicted molar refractivity (Wildman–Crippen MR) is 128 cm³/mol. The smallest absolute Gasteiger partial charge is 0.356 e. The van der Waals surface area contributed by atoms with Gasteiger partial charge in [-0.05, 0) is 11.1 Å². The first-order chi connectivity index (χ1) is 17.3. The molecule has 36 heavy (non-hydrogen) atoms. The summed E-state index contributed by atoms with van der Waals surface area (Å²) in [6.45, 7) is 0.868. The first kappa shape index (κ1) is 25.1. The first-order valence-corrected chi connectivity index (χ1v) is 12.4. The Morgan fingerprint density at radius 1 is 1.06 bits per heavy atom. The molecule has 9 nitrogen and oxygen atoms in total. The SMILES string of the molecule is COC(=O)/C=C1/C(=O)N2C(C(=O)OC(c3ccccc3)c3ccccc3)=C(COC(C)=O)CS(=O)[C@H]12. The molecule has 10 heteroatoms. The number of amides is 1. The van der Waals surface area contributed by atoms with Gasteiger partial charge in [-0.3, -0.25) is 18.7 Å². The van der Waals surface area contributed by atoms with E-state index in [1.54, 1.807) is 0 Å². The van der Waals surface area contributed by atoms with Gasteiger partial charge in [-0.15, -0.1) is 0 Å². The predicted octanol–water partition coefficient (Wildman–Crippen LogP) is 2.17. The van der Waals surface area contributed by atoms with Crippen LogP contribution >= 0.6 is 0 Å². The van der Waals surface area contributed by atoms with E-state index in [1.807, 2.05) is 60.7 Å². The summed E-state index contributed by atoms with van der Waals surface area (Å²) in [7, 11) is -0.534. The number of ether oxygens (including phenoxy) is 3. The number of nitrogens with zero attached hydrogens (tertiary/aromatic N) is 1. The Hall–Kier alpha value is -4.05. The molecule has 0 N–H and O–H groups in total. The quantitative estimate of drug-likeness (QED) is 0.241. The lowest BCUT2D eigenvalue weighted by molar-refractivity contribution is -0.149. The molecule has 1 amide bonds. The molecule has 0 aliphatic carbocycles. The molecule has 0 spiro atoms. The summed E-state index contributed by atoms with van der Waals surface area (Å²) in [5.74, 6) is -3.05. The molecule has 2 aromatic carbocycles. The van der Waals surface area contributed by atoms with E-state index in [-0.39, 0.29) is 29.2 Å². The number of carbonyl (C=O) groups is 4. The van der Waals surface area contributed by atoms with Crippen molar-refractivity contribution in [2.24, 2.45) is 0 Å². The van der Waals surface area contributed by atoms with E-state index >= 15 is 0 Å². The number of benzene rings is 2. The van der Waals surface area contributed by atoms with Crippen LogP contribution in [0.2, 0.25) is 0 Å². The fourth-order valence-electron chi connectivity index (χ4n) is 4.00. The van der Waals surface area contributed by atoms with Gasteiger partial charge < -0.3 is 14.2 Å². The summed E-state index contributed by atoms with van der Waals surface area (Å²) >= 11 is 0. The largest absolute Gasteiger partial charge is 0.466 e. The molecule has 1 saturated heterocycles. The number of methoxy groups -OCH3 is 1. The molecule has 1 fully saturated rings. The van der Waals surface area contributed by atoms with Crippen LogP contribution in [-0.4, -0.2) is 57.8 Å². The molecule has 0 bridgehead atoms. The van der Waals surface area contributed by atoms with E-state index in [2.05, 4.69) is 4.74 Å². The molecule has 1 unspecified atom stereocenters. The van der Waals surface area contributed by atoms with E-state index in [9.17, 15) is 23.4 Å². The molecule has 2 atom stereocenters. The van der Waals surface area contributed by atoms with Crippen molar-refractivity contribution in [1.82, 2.24) is 4.90 Å². The molecule has 0 saturated carbocycles. The first-order valence-electron chi connectivity index (χ1n) is 11.0. The Labute approximate surface area is 209 Å². The topological polar surface area (TPSA) is 116 Å². The van der Waals surface area contributed by atoms with Crippen LogP contribution < -0.4 is 0 Å². The van der Waals surface area contributed by atoms with Gasteiger partial charge in [0.15, 0.2) is 6.10 Å². The van der Waals surface area contributed by atoms with Crippen molar-refractivity contribution < 1.29 is 37.6 Å². The van der Waals surface area contributed by atoms with E-state index in [4.69, 9.17) is 9.47 Å². The maximum Gasteiger partial charge on any atom is 0.356 e. The Balaban J connectivity index is 1.73. The summed E-state index contributed by atoms with van der Waals surface area (Å²) in [5.41, 5.74) is 1.42. The Morgan fingerprint density at radius 2 is 1.64 bits per heavy atom. The normalized spacial score (nSPS) is 20.0. The summed E-state index contributed by atoms with van der Waals surface area (Å²) < 4.78 is 28.6. The van der Waals surface area contributed by atoms with Crippen molar-refractivity contribution in [3.05, 3.63) is 94.7 Å². The summed E-state index contributed by atoms with van der Waals surface area (Å²) in [6.07, 6.45) is 0.174. The Morgan fingerprint density at radius 3 is 2.17 bits per heavy atom. The van der Waals surface area contributed by atoms with Gasteiger partial charge >= 0.3 is 17.9 Å². The van der Waals surface area contributed by atoms with Gasteiger partial charge in [-0.1, -0.05) is 60.7 Å². The molecule has 0 radical (unpaired) electrons. The second kappa shape index (κ2) is 10.7. The zero-order valence-electron chi connectivity index (χ0n) is 19.5.